The maximum Gasteiger partial charge on any atom is 0.0846 e. The second-order valence-corrected chi connectivity index (χ2v) is 4.82. The SMILES string of the molecule is c1cc(C2CCOCC2)c2ncsc2c1. The van der Waals surface area contributed by atoms with E-state index in [9.17, 15) is 0 Å². The minimum absolute atomic E-state index is 0.643. The Morgan fingerprint density at radius 2 is 2.13 bits per heavy atom. The average molecular weight is 219 g/mol. The van der Waals surface area contributed by atoms with Crippen molar-refractivity contribution in [1.82, 2.24) is 4.98 Å². The van der Waals surface area contributed by atoms with E-state index in [-0.39, 0.29) is 0 Å². The molecule has 2 heterocycles. The molecule has 1 aliphatic rings. The molecule has 2 aromatic rings. The Hall–Kier alpha value is -0.930. The average Bonchev–Trinajstić information content (AvgIpc) is 2.78. The van der Waals surface area contributed by atoms with Crippen LogP contribution in [0.15, 0.2) is 23.7 Å². The molecule has 3 heteroatoms. The molecule has 0 radical (unpaired) electrons. The lowest BCUT2D eigenvalue weighted by molar-refractivity contribution is 0.0856. The van der Waals surface area contributed by atoms with Crippen molar-refractivity contribution in [1.29, 1.82) is 0 Å². The Morgan fingerprint density at radius 1 is 1.27 bits per heavy atom. The van der Waals surface area contributed by atoms with Crippen LogP contribution in [0.4, 0.5) is 0 Å². The van der Waals surface area contributed by atoms with Crippen LogP contribution in [0.2, 0.25) is 0 Å². The number of rotatable bonds is 1. The van der Waals surface area contributed by atoms with Crippen LogP contribution >= 0.6 is 11.3 Å². The Balaban J connectivity index is 2.05. The van der Waals surface area contributed by atoms with E-state index in [2.05, 4.69) is 23.2 Å². The third kappa shape index (κ3) is 1.66. The number of ether oxygens (including phenoxy) is 1. The summed E-state index contributed by atoms with van der Waals surface area (Å²) in [6.45, 7) is 1.79. The summed E-state index contributed by atoms with van der Waals surface area (Å²) < 4.78 is 6.70. The first-order valence-electron chi connectivity index (χ1n) is 5.35. The largest absolute Gasteiger partial charge is 0.381 e. The molecule has 0 unspecified atom stereocenters. The van der Waals surface area contributed by atoms with Crippen LogP contribution in [0, 0.1) is 0 Å². The van der Waals surface area contributed by atoms with Crippen molar-refractivity contribution >= 4 is 21.6 Å². The molecule has 0 amide bonds. The highest BCUT2D eigenvalue weighted by Crippen LogP contribution is 2.32. The summed E-state index contributed by atoms with van der Waals surface area (Å²) in [5.41, 5.74) is 4.56. The lowest BCUT2D eigenvalue weighted by Gasteiger charge is -2.22. The molecule has 1 fully saturated rings. The van der Waals surface area contributed by atoms with Crippen LogP contribution in [0.5, 0.6) is 0 Å². The predicted molar refractivity (Wildman–Crippen MR) is 62.4 cm³/mol. The molecule has 1 aliphatic heterocycles. The molecule has 2 nitrogen and oxygen atoms in total. The van der Waals surface area contributed by atoms with E-state index in [1.807, 2.05) is 5.51 Å². The molecule has 0 saturated carbocycles. The first-order chi connectivity index (χ1) is 7.45. The quantitative estimate of drug-likeness (QED) is 0.735. The molecule has 1 aromatic heterocycles. The maximum atomic E-state index is 5.40. The molecule has 1 aromatic carbocycles. The van der Waals surface area contributed by atoms with Gasteiger partial charge in [-0.2, -0.15) is 0 Å². The van der Waals surface area contributed by atoms with E-state index in [1.54, 1.807) is 11.3 Å². The van der Waals surface area contributed by atoms with Gasteiger partial charge in [-0.1, -0.05) is 12.1 Å². The van der Waals surface area contributed by atoms with Gasteiger partial charge in [0, 0.05) is 13.2 Å². The topological polar surface area (TPSA) is 22.1 Å². The number of nitrogens with zero attached hydrogens (tertiary/aromatic N) is 1. The molecule has 0 aliphatic carbocycles. The van der Waals surface area contributed by atoms with Crippen LogP contribution in [0.3, 0.4) is 0 Å². The number of para-hydroxylation sites is 1. The molecular weight excluding hydrogens is 206 g/mol. The van der Waals surface area contributed by atoms with Crippen molar-refractivity contribution in [2.24, 2.45) is 0 Å². The van der Waals surface area contributed by atoms with E-state index in [1.165, 1.54) is 15.8 Å². The second kappa shape index (κ2) is 3.91. The third-order valence-electron chi connectivity index (χ3n) is 3.05. The molecule has 0 bridgehead atoms. The van der Waals surface area contributed by atoms with Gasteiger partial charge in [0.05, 0.1) is 15.7 Å². The number of benzene rings is 1. The van der Waals surface area contributed by atoms with Crippen LogP contribution in [-0.2, 0) is 4.74 Å². The van der Waals surface area contributed by atoms with Gasteiger partial charge in [-0.3, -0.25) is 0 Å². The van der Waals surface area contributed by atoms with Crippen molar-refractivity contribution in [3.8, 4) is 0 Å². The van der Waals surface area contributed by atoms with Gasteiger partial charge >= 0.3 is 0 Å². The number of fused-ring (bicyclic) bond motifs is 1. The normalized spacial score (nSPS) is 18.4. The molecular formula is C12H13NOS. The summed E-state index contributed by atoms with van der Waals surface area (Å²) in [5, 5.41) is 0. The molecule has 0 N–H and O–H groups in total. The third-order valence-corrected chi connectivity index (χ3v) is 3.85. The highest BCUT2D eigenvalue weighted by atomic mass is 32.1. The summed E-state index contributed by atoms with van der Waals surface area (Å²) in [4.78, 5) is 4.47. The standard InChI is InChI=1S/C12H13NOS/c1-2-10(9-4-6-14-7-5-9)12-11(3-1)15-8-13-12/h1-3,8-9H,4-7H2. The maximum absolute atomic E-state index is 5.40. The minimum Gasteiger partial charge on any atom is -0.381 e. The van der Waals surface area contributed by atoms with Crippen molar-refractivity contribution in [2.45, 2.75) is 18.8 Å². The zero-order valence-electron chi connectivity index (χ0n) is 8.48. The molecule has 0 spiro atoms. The summed E-state index contributed by atoms with van der Waals surface area (Å²) in [7, 11) is 0. The van der Waals surface area contributed by atoms with Crippen LogP contribution in [0.25, 0.3) is 10.2 Å². The Bertz CT molecular complexity index is 459. The number of hydrogen-bond acceptors (Lipinski definition) is 3. The van der Waals surface area contributed by atoms with Crippen molar-refractivity contribution in [3.63, 3.8) is 0 Å². The van der Waals surface area contributed by atoms with Gasteiger partial charge in [0.1, 0.15) is 0 Å². The predicted octanol–water partition coefficient (Wildman–Crippen LogP) is 3.19. The lowest BCUT2D eigenvalue weighted by Crippen LogP contribution is -2.14. The zero-order chi connectivity index (χ0) is 10.1. The monoisotopic (exact) mass is 219 g/mol. The zero-order valence-corrected chi connectivity index (χ0v) is 9.30. The van der Waals surface area contributed by atoms with E-state index < -0.39 is 0 Å². The van der Waals surface area contributed by atoms with Gasteiger partial charge in [-0.15, -0.1) is 11.3 Å². The van der Waals surface area contributed by atoms with E-state index >= 15 is 0 Å². The van der Waals surface area contributed by atoms with Gasteiger partial charge in [-0.25, -0.2) is 4.98 Å². The Kier molecular flexibility index (Phi) is 2.43. The van der Waals surface area contributed by atoms with Crippen molar-refractivity contribution in [3.05, 3.63) is 29.3 Å². The molecule has 1 saturated heterocycles. The summed E-state index contributed by atoms with van der Waals surface area (Å²) in [6, 6.07) is 6.51. The molecule has 0 atom stereocenters. The second-order valence-electron chi connectivity index (χ2n) is 3.93. The van der Waals surface area contributed by atoms with Crippen LogP contribution < -0.4 is 0 Å². The van der Waals surface area contributed by atoms with Gasteiger partial charge in [0.15, 0.2) is 0 Å². The summed E-state index contributed by atoms with van der Waals surface area (Å²) in [6.07, 6.45) is 2.27. The van der Waals surface area contributed by atoms with Crippen LogP contribution in [0.1, 0.15) is 24.3 Å². The molecule has 3 rings (SSSR count). The highest BCUT2D eigenvalue weighted by Gasteiger charge is 2.18. The van der Waals surface area contributed by atoms with Crippen LogP contribution in [-0.4, -0.2) is 18.2 Å². The first kappa shape index (κ1) is 9.31. The smallest absolute Gasteiger partial charge is 0.0846 e. The van der Waals surface area contributed by atoms with E-state index in [0.717, 1.165) is 26.1 Å². The van der Waals surface area contributed by atoms with E-state index in [0.29, 0.717) is 5.92 Å². The summed E-state index contributed by atoms with van der Waals surface area (Å²) >= 11 is 1.72. The number of aromatic nitrogens is 1. The highest BCUT2D eigenvalue weighted by molar-refractivity contribution is 7.16. The number of hydrogen-bond donors (Lipinski definition) is 0. The van der Waals surface area contributed by atoms with Crippen molar-refractivity contribution < 1.29 is 4.74 Å². The Morgan fingerprint density at radius 3 is 3.00 bits per heavy atom. The molecule has 15 heavy (non-hydrogen) atoms. The van der Waals surface area contributed by atoms with E-state index in [4.69, 9.17) is 4.74 Å². The van der Waals surface area contributed by atoms with Gasteiger partial charge in [0.25, 0.3) is 0 Å². The van der Waals surface area contributed by atoms with Crippen molar-refractivity contribution in [2.75, 3.05) is 13.2 Å². The fourth-order valence-electron chi connectivity index (χ4n) is 2.25. The summed E-state index contributed by atoms with van der Waals surface area (Å²) in [5.74, 6) is 0.643. The molecule has 78 valence electrons. The van der Waals surface area contributed by atoms with Gasteiger partial charge in [-0.05, 0) is 30.4 Å². The minimum atomic E-state index is 0.643. The number of thiazole rings is 1. The fourth-order valence-corrected chi connectivity index (χ4v) is 2.96. The fraction of sp³-hybridized carbons (Fsp3) is 0.417. The van der Waals surface area contributed by atoms with Gasteiger partial charge in [0.2, 0.25) is 0 Å². The Labute approximate surface area is 92.9 Å². The lowest BCUT2D eigenvalue weighted by atomic mass is 9.91. The van der Waals surface area contributed by atoms with Gasteiger partial charge < -0.3 is 4.74 Å². The first-order valence-corrected chi connectivity index (χ1v) is 6.23.